The van der Waals surface area contributed by atoms with Crippen molar-refractivity contribution in [2.24, 2.45) is 0 Å². The first-order valence-electron chi connectivity index (χ1n) is 4.82. The summed E-state index contributed by atoms with van der Waals surface area (Å²) >= 11 is 0. The van der Waals surface area contributed by atoms with Gasteiger partial charge in [0.1, 0.15) is 5.75 Å². The molecule has 1 rings (SSSR count). The van der Waals surface area contributed by atoms with Crippen LogP contribution in [0.2, 0.25) is 0 Å². The van der Waals surface area contributed by atoms with Gasteiger partial charge < -0.3 is 22.4 Å². The van der Waals surface area contributed by atoms with Crippen molar-refractivity contribution in [3.05, 3.63) is 23.8 Å². The number of carbonyl (C=O) groups is 1. The van der Waals surface area contributed by atoms with E-state index in [-0.39, 0.29) is 62.7 Å². The van der Waals surface area contributed by atoms with Gasteiger partial charge in [-0.15, -0.1) is 5.46 Å². The molecule has 0 radical (unpaired) electrons. The van der Waals surface area contributed by atoms with E-state index in [1.165, 1.54) is 19.2 Å². The number of benzene rings is 1. The van der Waals surface area contributed by atoms with Crippen molar-refractivity contribution in [2.75, 3.05) is 14.2 Å². The van der Waals surface area contributed by atoms with E-state index in [1.807, 2.05) is 0 Å². The van der Waals surface area contributed by atoms with Crippen LogP contribution in [0, 0.1) is 0 Å². The van der Waals surface area contributed by atoms with Crippen LogP contribution in [-0.2, 0) is 16.0 Å². The zero-order valence-corrected chi connectivity index (χ0v) is 13.5. The summed E-state index contributed by atoms with van der Waals surface area (Å²) < 4.78 is 47.4. The summed E-state index contributed by atoms with van der Waals surface area (Å²) in [6, 6.07) is 3.49. The van der Waals surface area contributed by atoms with E-state index < -0.39 is 24.8 Å². The van der Waals surface area contributed by atoms with Gasteiger partial charge in [-0.3, -0.25) is 4.79 Å². The van der Waals surface area contributed by atoms with E-state index in [4.69, 9.17) is 4.74 Å². The standard InChI is InChI=1S/C10H11BF3O3.K/c1-16-8-4-3-7(5-10(15)17-2)9(6-8)11(12,13)14;/h3-4,6H,5H2,1-2H3;/q-1;+1. The summed E-state index contributed by atoms with van der Waals surface area (Å²) in [5.74, 6) is -0.607. The van der Waals surface area contributed by atoms with Gasteiger partial charge in [0.2, 0.25) is 0 Å². The van der Waals surface area contributed by atoms with Crippen LogP contribution < -0.4 is 61.6 Å². The molecule has 0 atom stereocenters. The van der Waals surface area contributed by atoms with Gasteiger partial charge in [-0.05, 0) is 12.1 Å². The Morgan fingerprint density at radius 3 is 2.33 bits per heavy atom. The van der Waals surface area contributed by atoms with Gasteiger partial charge in [-0.2, -0.15) is 0 Å². The minimum absolute atomic E-state index is 0. The van der Waals surface area contributed by atoms with Crippen LogP contribution in [0.1, 0.15) is 5.56 Å². The van der Waals surface area contributed by atoms with Gasteiger partial charge in [0.25, 0.3) is 0 Å². The topological polar surface area (TPSA) is 35.5 Å². The molecule has 0 heterocycles. The monoisotopic (exact) mass is 286 g/mol. The molecule has 0 N–H and O–H groups in total. The smallest absolute Gasteiger partial charge is 0.497 e. The molecule has 18 heavy (non-hydrogen) atoms. The normalized spacial score (nSPS) is 10.5. The third-order valence-corrected chi connectivity index (χ3v) is 2.27. The first kappa shape index (κ1) is 18.0. The molecule has 0 aromatic heterocycles. The molecule has 1 aromatic carbocycles. The van der Waals surface area contributed by atoms with Gasteiger partial charge in [0.05, 0.1) is 20.6 Å². The molecule has 1 aromatic rings. The number of carbonyl (C=O) groups excluding carboxylic acids is 1. The van der Waals surface area contributed by atoms with E-state index in [0.29, 0.717) is 0 Å². The quantitative estimate of drug-likeness (QED) is 0.497. The fraction of sp³-hybridized carbons (Fsp3) is 0.300. The Bertz CT molecular complexity index is 423. The van der Waals surface area contributed by atoms with Crippen molar-refractivity contribution in [3.63, 3.8) is 0 Å². The van der Waals surface area contributed by atoms with Crippen LogP contribution >= 0.6 is 0 Å². The van der Waals surface area contributed by atoms with E-state index in [2.05, 4.69) is 4.74 Å². The molecule has 0 saturated carbocycles. The maximum Gasteiger partial charge on any atom is 1.00 e. The molecule has 0 aliphatic carbocycles. The molecular weight excluding hydrogens is 275 g/mol. The minimum Gasteiger partial charge on any atom is -0.497 e. The van der Waals surface area contributed by atoms with E-state index in [9.17, 15) is 17.7 Å². The fourth-order valence-corrected chi connectivity index (χ4v) is 1.39. The minimum atomic E-state index is -5.19. The van der Waals surface area contributed by atoms with Gasteiger partial charge in [0.15, 0.2) is 0 Å². The van der Waals surface area contributed by atoms with Crippen molar-refractivity contribution < 1.29 is 78.6 Å². The van der Waals surface area contributed by atoms with Crippen LogP contribution in [0.15, 0.2) is 18.2 Å². The molecule has 0 fully saturated rings. The molecule has 0 saturated heterocycles. The largest absolute Gasteiger partial charge is 1.00 e. The predicted molar refractivity (Wildman–Crippen MR) is 57.4 cm³/mol. The maximum absolute atomic E-state index is 12.8. The van der Waals surface area contributed by atoms with Gasteiger partial charge >= 0.3 is 64.3 Å². The van der Waals surface area contributed by atoms with Gasteiger partial charge in [-0.25, -0.2) is 0 Å². The predicted octanol–water partition coefficient (Wildman–Crippen LogP) is -1.53. The Kier molecular flexibility index (Phi) is 7.53. The van der Waals surface area contributed by atoms with Gasteiger partial charge in [-0.1, -0.05) is 11.6 Å². The van der Waals surface area contributed by atoms with E-state index in [1.54, 1.807) is 0 Å². The van der Waals surface area contributed by atoms with Crippen molar-refractivity contribution in [1.82, 2.24) is 0 Å². The Morgan fingerprint density at radius 1 is 1.28 bits per heavy atom. The molecule has 0 amide bonds. The number of ether oxygens (including phenoxy) is 2. The second-order valence-corrected chi connectivity index (χ2v) is 3.39. The zero-order chi connectivity index (χ0) is 13.1. The molecule has 0 spiro atoms. The number of hydrogen-bond acceptors (Lipinski definition) is 3. The fourth-order valence-electron chi connectivity index (χ4n) is 1.39. The molecule has 3 nitrogen and oxygen atoms in total. The summed E-state index contributed by atoms with van der Waals surface area (Å²) in [6.07, 6.45) is -0.406. The Morgan fingerprint density at radius 2 is 1.89 bits per heavy atom. The van der Waals surface area contributed by atoms with Crippen LogP contribution in [-0.4, -0.2) is 27.2 Å². The molecule has 0 aliphatic heterocycles. The molecule has 0 bridgehead atoms. The summed E-state index contributed by atoms with van der Waals surface area (Å²) in [6.45, 7) is -5.19. The van der Waals surface area contributed by atoms with Gasteiger partial charge in [0, 0.05) is 0 Å². The van der Waals surface area contributed by atoms with Crippen LogP contribution in [0.25, 0.3) is 0 Å². The van der Waals surface area contributed by atoms with Crippen molar-refractivity contribution in [1.29, 1.82) is 0 Å². The zero-order valence-electron chi connectivity index (χ0n) is 10.4. The summed E-state index contributed by atoms with van der Waals surface area (Å²) in [7, 11) is 2.41. The Balaban J connectivity index is 0.00000289. The summed E-state index contributed by atoms with van der Waals surface area (Å²) in [5, 5.41) is 0. The Labute approximate surface area is 146 Å². The second kappa shape index (κ2) is 7.54. The van der Waals surface area contributed by atoms with Crippen molar-refractivity contribution >= 4 is 18.4 Å². The SMILES string of the molecule is COC(=O)Cc1ccc(OC)cc1[B-](F)(F)F.[K+]. The third kappa shape index (κ3) is 4.93. The van der Waals surface area contributed by atoms with Crippen molar-refractivity contribution in [2.45, 2.75) is 6.42 Å². The van der Waals surface area contributed by atoms with Crippen molar-refractivity contribution in [3.8, 4) is 5.75 Å². The average Bonchev–Trinajstić information content (AvgIpc) is 2.28. The van der Waals surface area contributed by atoms with Crippen LogP contribution in [0.4, 0.5) is 12.9 Å². The second-order valence-electron chi connectivity index (χ2n) is 3.39. The number of esters is 1. The van der Waals surface area contributed by atoms with E-state index in [0.717, 1.165) is 13.2 Å². The summed E-state index contributed by atoms with van der Waals surface area (Å²) in [4.78, 5) is 11.0. The van der Waals surface area contributed by atoms with Crippen LogP contribution in [0.3, 0.4) is 0 Å². The number of hydrogen-bond donors (Lipinski definition) is 0. The molecule has 8 heteroatoms. The third-order valence-electron chi connectivity index (χ3n) is 2.27. The Hall–Kier alpha value is -0.0187. The number of halogens is 3. The molecule has 0 unspecified atom stereocenters. The summed E-state index contributed by atoms with van der Waals surface area (Å²) in [5.41, 5.74) is -0.931. The number of rotatable bonds is 4. The first-order valence-corrected chi connectivity index (χ1v) is 4.82. The average molecular weight is 286 g/mol. The number of methoxy groups -OCH3 is 2. The van der Waals surface area contributed by atoms with E-state index >= 15 is 0 Å². The molecule has 94 valence electrons. The first-order chi connectivity index (χ1) is 7.88. The maximum atomic E-state index is 12.8. The van der Waals surface area contributed by atoms with Crippen LogP contribution in [0.5, 0.6) is 5.75 Å². The molecular formula is C10H11BF3KO3. The molecule has 0 aliphatic rings.